The predicted molar refractivity (Wildman–Crippen MR) is 77.9 cm³/mol. The van der Waals surface area contributed by atoms with Crippen LogP contribution in [0.2, 0.25) is 0 Å². The summed E-state index contributed by atoms with van der Waals surface area (Å²) < 4.78 is 0. The van der Waals surface area contributed by atoms with Gasteiger partial charge in [-0.15, -0.1) is 0 Å². The van der Waals surface area contributed by atoms with E-state index in [4.69, 9.17) is 0 Å². The number of piperazine rings is 1. The topological polar surface area (TPSA) is 82.6 Å². The second-order valence-electron chi connectivity index (χ2n) is 5.52. The summed E-state index contributed by atoms with van der Waals surface area (Å²) >= 11 is 0. The maximum Gasteiger partial charge on any atom is 0.255 e. The second-order valence-corrected chi connectivity index (χ2v) is 5.52. The Balaban J connectivity index is 1.55. The van der Waals surface area contributed by atoms with E-state index in [-0.39, 0.29) is 17.7 Å². The third-order valence-corrected chi connectivity index (χ3v) is 4.08. The molecule has 1 aromatic rings. The molecule has 2 fully saturated rings. The van der Waals surface area contributed by atoms with Gasteiger partial charge in [0.15, 0.2) is 0 Å². The summed E-state index contributed by atoms with van der Waals surface area (Å²) in [5.74, 6) is -0.169. The van der Waals surface area contributed by atoms with Gasteiger partial charge in [0.25, 0.3) is 5.91 Å². The van der Waals surface area contributed by atoms with E-state index in [1.807, 2.05) is 0 Å². The first-order chi connectivity index (χ1) is 10.6. The molecule has 2 aliphatic rings. The number of hydrogen-bond acceptors (Lipinski definition) is 4. The van der Waals surface area contributed by atoms with Crippen molar-refractivity contribution in [3.63, 3.8) is 0 Å². The van der Waals surface area contributed by atoms with Crippen LogP contribution in [-0.4, -0.2) is 64.7 Å². The monoisotopic (exact) mass is 302 g/mol. The summed E-state index contributed by atoms with van der Waals surface area (Å²) in [4.78, 5) is 43.2. The highest BCUT2D eigenvalue weighted by atomic mass is 16.2. The van der Waals surface area contributed by atoms with Gasteiger partial charge in [0.05, 0.1) is 5.56 Å². The number of carbonyl (C=O) groups excluding carboxylic acids is 3. The van der Waals surface area contributed by atoms with Gasteiger partial charge < -0.3 is 15.1 Å². The van der Waals surface area contributed by atoms with Crippen LogP contribution in [-0.2, 0) is 9.59 Å². The van der Waals surface area contributed by atoms with Crippen molar-refractivity contribution >= 4 is 17.7 Å². The van der Waals surface area contributed by atoms with Crippen LogP contribution in [0.25, 0.3) is 0 Å². The summed E-state index contributed by atoms with van der Waals surface area (Å²) in [5, 5.41) is 2.69. The molecule has 1 aromatic heterocycles. The number of rotatable bonds is 2. The molecule has 0 bridgehead atoms. The highest BCUT2D eigenvalue weighted by Gasteiger charge is 2.33. The number of aromatic nitrogens is 1. The van der Waals surface area contributed by atoms with Crippen LogP contribution in [0.4, 0.5) is 0 Å². The summed E-state index contributed by atoms with van der Waals surface area (Å²) in [6.45, 7) is 1.99. The van der Waals surface area contributed by atoms with Crippen molar-refractivity contribution in [2.45, 2.75) is 18.9 Å². The quantitative estimate of drug-likeness (QED) is 0.809. The molecule has 0 saturated carbocycles. The Bertz CT molecular complexity index is 582. The molecule has 116 valence electrons. The van der Waals surface area contributed by atoms with Gasteiger partial charge in [-0.05, 0) is 18.6 Å². The zero-order chi connectivity index (χ0) is 15.5. The molecule has 22 heavy (non-hydrogen) atoms. The summed E-state index contributed by atoms with van der Waals surface area (Å²) in [7, 11) is 0. The molecule has 1 unspecified atom stereocenters. The lowest BCUT2D eigenvalue weighted by Gasteiger charge is -2.35. The Morgan fingerprint density at radius 1 is 1.18 bits per heavy atom. The van der Waals surface area contributed by atoms with Crippen LogP contribution in [0.5, 0.6) is 0 Å². The highest BCUT2D eigenvalue weighted by Crippen LogP contribution is 2.13. The Labute approximate surface area is 128 Å². The van der Waals surface area contributed by atoms with Crippen LogP contribution in [0, 0.1) is 0 Å². The fourth-order valence-corrected chi connectivity index (χ4v) is 2.82. The van der Waals surface area contributed by atoms with Crippen LogP contribution >= 0.6 is 0 Å². The summed E-state index contributed by atoms with van der Waals surface area (Å²) in [5.41, 5.74) is 0.560. The van der Waals surface area contributed by atoms with E-state index in [1.54, 1.807) is 34.3 Å². The average molecular weight is 302 g/mol. The van der Waals surface area contributed by atoms with Gasteiger partial charge in [0.1, 0.15) is 6.04 Å². The van der Waals surface area contributed by atoms with E-state index < -0.39 is 6.04 Å². The lowest BCUT2D eigenvalue weighted by Crippen LogP contribution is -2.54. The summed E-state index contributed by atoms with van der Waals surface area (Å²) in [6.07, 6.45) is 4.15. The first-order valence-electron chi connectivity index (χ1n) is 7.42. The van der Waals surface area contributed by atoms with E-state index in [0.29, 0.717) is 44.6 Å². The molecule has 1 N–H and O–H groups in total. The largest absolute Gasteiger partial charge is 0.344 e. The minimum atomic E-state index is -0.395. The fraction of sp³-hybridized carbons (Fsp3) is 0.467. The highest BCUT2D eigenvalue weighted by molar-refractivity contribution is 5.94. The van der Waals surface area contributed by atoms with Crippen molar-refractivity contribution in [3.8, 4) is 0 Å². The minimum Gasteiger partial charge on any atom is -0.344 e. The van der Waals surface area contributed by atoms with Crippen molar-refractivity contribution in [1.82, 2.24) is 20.1 Å². The molecule has 0 aromatic carbocycles. The fourth-order valence-electron chi connectivity index (χ4n) is 2.82. The van der Waals surface area contributed by atoms with Crippen LogP contribution in [0.1, 0.15) is 23.2 Å². The van der Waals surface area contributed by atoms with Crippen LogP contribution in [0.15, 0.2) is 24.5 Å². The van der Waals surface area contributed by atoms with E-state index in [0.717, 1.165) is 0 Å². The molecule has 2 saturated heterocycles. The van der Waals surface area contributed by atoms with E-state index in [1.165, 1.54) is 0 Å². The molecule has 2 aliphatic heterocycles. The van der Waals surface area contributed by atoms with Crippen molar-refractivity contribution < 1.29 is 14.4 Å². The zero-order valence-electron chi connectivity index (χ0n) is 12.2. The molecule has 3 amide bonds. The molecule has 3 heterocycles. The van der Waals surface area contributed by atoms with Crippen LogP contribution < -0.4 is 5.32 Å². The number of carbonyl (C=O) groups is 3. The maximum absolute atomic E-state index is 12.3. The first-order valence-corrected chi connectivity index (χ1v) is 7.42. The number of nitrogens with one attached hydrogen (secondary N) is 1. The van der Waals surface area contributed by atoms with Gasteiger partial charge >= 0.3 is 0 Å². The smallest absolute Gasteiger partial charge is 0.255 e. The van der Waals surface area contributed by atoms with Crippen molar-refractivity contribution in [1.29, 1.82) is 0 Å². The third kappa shape index (κ3) is 2.93. The Hall–Kier alpha value is -2.44. The number of amides is 3. The van der Waals surface area contributed by atoms with Crippen LogP contribution in [0.3, 0.4) is 0 Å². The van der Waals surface area contributed by atoms with Gasteiger partial charge in [-0.3, -0.25) is 19.4 Å². The Kier molecular flexibility index (Phi) is 4.04. The van der Waals surface area contributed by atoms with Gasteiger partial charge in [-0.1, -0.05) is 0 Å². The van der Waals surface area contributed by atoms with Gasteiger partial charge in [-0.2, -0.15) is 0 Å². The molecular weight excluding hydrogens is 284 g/mol. The molecule has 3 rings (SSSR count). The van der Waals surface area contributed by atoms with Gasteiger partial charge in [0, 0.05) is 45.0 Å². The lowest BCUT2D eigenvalue weighted by molar-refractivity contribution is -0.135. The average Bonchev–Trinajstić information content (AvgIpc) is 3.01. The second kappa shape index (κ2) is 6.13. The molecule has 7 nitrogen and oxygen atoms in total. The van der Waals surface area contributed by atoms with E-state index >= 15 is 0 Å². The SMILES string of the molecule is O=C1CCC(C(=O)N2CCN(C(=O)c3cccnc3)CC2)N1. The van der Waals surface area contributed by atoms with Crippen molar-refractivity contribution in [2.75, 3.05) is 26.2 Å². The molecular formula is C15H18N4O3. The molecule has 7 heteroatoms. The van der Waals surface area contributed by atoms with Gasteiger partial charge in [-0.25, -0.2) is 0 Å². The minimum absolute atomic E-state index is 0.0423. The maximum atomic E-state index is 12.3. The zero-order valence-corrected chi connectivity index (χ0v) is 12.2. The summed E-state index contributed by atoms with van der Waals surface area (Å²) in [6, 6.07) is 3.07. The molecule has 1 atom stereocenters. The lowest BCUT2D eigenvalue weighted by atomic mass is 10.1. The number of nitrogens with zero attached hydrogens (tertiary/aromatic N) is 3. The Morgan fingerprint density at radius 3 is 2.50 bits per heavy atom. The predicted octanol–water partition coefficient (Wildman–Crippen LogP) is -0.355. The Morgan fingerprint density at radius 2 is 1.91 bits per heavy atom. The normalized spacial score (nSPS) is 21.6. The van der Waals surface area contributed by atoms with Gasteiger partial charge in [0.2, 0.25) is 11.8 Å². The third-order valence-electron chi connectivity index (χ3n) is 4.08. The standard InChI is InChI=1S/C15H18N4O3/c20-13-4-3-12(17-13)15(22)19-8-6-18(7-9-19)14(21)11-2-1-5-16-10-11/h1-2,5,10,12H,3-4,6-9H2,(H,17,20). The molecule has 0 radical (unpaired) electrons. The molecule has 0 aliphatic carbocycles. The number of pyridine rings is 1. The van der Waals surface area contributed by atoms with E-state index in [2.05, 4.69) is 10.3 Å². The van der Waals surface area contributed by atoms with Crippen molar-refractivity contribution in [3.05, 3.63) is 30.1 Å². The van der Waals surface area contributed by atoms with Crippen molar-refractivity contribution in [2.24, 2.45) is 0 Å². The first kappa shape index (κ1) is 14.5. The number of hydrogen-bond donors (Lipinski definition) is 1. The van der Waals surface area contributed by atoms with E-state index in [9.17, 15) is 14.4 Å². The molecule has 0 spiro atoms.